The van der Waals surface area contributed by atoms with Crippen LogP contribution in [-0.2, 0) is 14.3 Å². The standard InChI is InChI=1S/C14H22N2O5/c1-13(2,3)21-12(20)16-6-4-14(5-7-16)9(10(17)18)8-15-11(14)19/h9H,4-8H2,1-3H3,(H,15,19)(H,17,18). The molecule has 118 valence electrons. The molecular formula is C14H22N2O5. The SMILES string of the molecule is CC(C)(C)OC(=O)N1CCC2(CC1)C(=O)NCC2C(=O)O. The molecule has 21 heavy (non-hydrogen) atoms. The molecule has 2 rings (SSSR count). The highest BCUT2D eigenvalue weighted by Gasteiger charge is 2.55. The van der Waals surface area contributed by atoms with E-state index in [-0.39, 0.29) is 12.5 Å². The number of likely N-dealkylation sites (tertiary alicyclic amines) is 1. The Bertz CT molecular complexity index is 460. The lowest BCUT2D eigenvalue weighted by Crippen LogP contribution is -2.50. The minimum absolute atomic E-state index is 0.167. The minimum atomic E-state index is -0.959. The summed E-state index contributed by atoms with van der Waals surface area (Å²) in [5.41, 5.74) is -1.45. The summed E-state index contributed by atoms with van der Waals surface area (Å²) in [6.45, 7) is 6.22. The van der Waals surface area contributed by atoms with Gasteiger partial charge in [0.1, 0.15) is 5.60 Å². The fourth-order valence-corrected chi connectivity index (χ4v) is 3.04. The predicted octanol–water partition coefficient (Wildman–Crippen LogP) is 0.834. The fourth-order valence-electron chi connectivity index (χ4n) is 3.04. The molecular weight excluding hydrogens is 276 g/mol. The van der Waals surface area contributed by atoms with Gasteiger partial charge in [-0.3, -0.25) is 9.59 Å². The van der Waals surface area contributed by atoms with Crippen molar-refractivity contribution in [2.75, 3.05) is 19.6 Å². The average molecular weight is 298 g/mol. The highest BCUT2D eigenvalue weighted by atomic mass is 16.6. The number of carbonyl (C=O) groups is 3. The number of nitrogens with one attached hydrogen (secondary N) is 1. The first-order chi connectivity index (χ1) is 9.66. The minimum Gasteiger partial charge on any atom is -0.481 e. The molecule has 0 saturated carbocycles. The van der Waals surface area contributed by atoms with Crippen molar-refractivity contribution < 1.29 is 24.2 Å². The molecule has 0 aromatic carbocycles. The molecule has 1 atom stereocenters. The van der Waals surface area contributed by atoms with E-state index >= 15 is 0 Å². The van der Waals surface area contributed by atoms with Gasteiger partial charge in [-0.2, -0.15) is 0 Å². The largest absolute Gasteiger partial charge is 0.481 e. The van der Waals surface area contributed by atoms with E-state index < -0.39 is 29.0 Å². The molecule has 0 aliphatic carbocycles. The molecule has 1 spiro atoms. The van der Waals surface area contributed by atoms with E-state index in [4.69, 9.17) is 4.74 Å². The molecule has 2 heterocycles. The molecule has 2 aliphatic heterocycles. The third-order valence-corrected chi connectivity index (χ3v) is 4.19. The normalized spacial score (nSPS) is 24.8. The Labute approximate surface area is 123 Å². The number of carboxylic acids is 1. The molecule has 1 unspecified atom stereocenters. The number of ether oxygens (including phenoxy) is 1. The summed E-state index contributed by atoms with van der Waals surface area (Å²) in [6, 6.07) is 0. The third-order valence-electron chi connectivity index (χ3n) is 4.19. The summed E-state index contributed by atoms with van der Waals surface area (Å²) >= 11 is 0. The van der Waals surface area contributed by atoms with Crippen molar-refractivity contribution in [3.63, 3.8) is 0 Å². The van der Waals surface area contributed by atoms with E-state index in [9.17, 15) is 19.5 Å². The monoisotopic (exact) mass is 298 g/mol. The number of amides is 2. The van der Waals surface area contributed by atoms with Gasteiger partial charge in [-0.1, -0.05) is 0 Å². The van der Waals surface area contributed by atoms with E-state index in [1.54, 1.807) is 25.7 Å². The van der Waals surface area contributed by atoms with Crippen LogP contribution in [0.4, 0.5) is 4.79 Å². The van der Waals surface area contributed by atoms with E-state index in [1.807, 2.05) is 0 Å². The van der Waals surface area contributed by atoms with Gasteiger partial charge in [-0.25, -0.2) is 4.79 Å². The van der Waals surface area contributed by atoms with E-state index in [2.05, 4.69) is 5.32 Å². The summed E-state index contributed by atoms with van der Waals surface area (Å²) in [5, 5.41) is 11.9. The molecule has 2 amide bonds. The maximum Gasteiger partial charge on any atom is 0.410 e. The average Bonchev–Trinajstić information content (AvgIpc) is 2.66. The molecule has 0 radical (unpaired) electrons. The number of nitrogens with zero attached hydrogens (tertiary/aromatic N) is 1. The van der Waals surface area contributed by atoms with E-state index in [1.165, 1.54) is 0 Å². The zero-order valence-electron chi connectivity index (χ0n) is 12.6. The number of carbonyl (C=O) groups excluding carboxylic acids is 2. The van der Waals surface area contributed by atoms with Crippen LogP contribution in [0.15, 0.2) is 0 Å². The van der Waals surface area contributed by atoms with Gasteiger partial charge < -0.3 is 20.1 Å². The lowest BCUT2D eigenvalue weighted by atomic mass is 9.70. The fraction of sp³-hybridized carbons (Fsp3) is 0.786. The molecule has 2 N–H and O–H groups in total. The first-order valence-corrected chi connectivity index (χ1v) is 7.15. The van der Waals surface area contributed by atoms with Gasteiger partial charge in [0, 0.05) is 19.6 Å². The molecule has 7 heteroatoms. The van der Waals surface area contributed by atoms with Crippen molar-refractivity contribution >= 4 is 18.0 Å². The van der Waals surface area contributed by atoms with Crippen LogP contribution >= 0.6 is 0 Å². The van der Waals surface area contributed by atoms with Gasteiger partial charge in [0.05, 0.1) is 11.3 Å². The lowest BCUT2D eigenvalue weighted by molar-refractivity contribution is -0.150. The van der Waals surface area contributed by atoms with Gasteiger partial charge in [0.25, 0.3) is 0 Å². The third kappa shape index (κ3) is 2.96. The lowest BCUT2D eigenvalue weighted by Gasteiger charge is -2.39. The van der Waals surface area contributed by atoms with Gasteiger partial charge >= 0.3 is 12.1 Å². The summed E-state index contributed by atoms with van der Waals surface area (Å²) in [7, 11) is 0. The van der Waals surface area contributed by atoms with Crippen molar-refractivity contribution in [2.24, 2.45) is 11.3 Å². The number of carboxylic acid groups (broad SMARTS) is 1. The molecule has 0 bridgehead atoms. The van der Waals surface area contributed by atoms with Crippen LogP contribution in [0, 0.1) is 11.3 Å². The number of aliphatic carboxylic acids is 1. The zero-order valence-corrected chi connectivity index (χ0v) is 12.6. The van der Waals surface area contributed by atoms with Crippen LogP contribution < -0.4 is 5.32 Å². The second kappa shape index (κ2) is 5.20. The Morgan fingerprint density at radius 2 is 1.90 bits per heavy atom. The Morgan fingerprint density at radius 1 is 1.33 bits per heavy atom. The number of rotatable bonds is 1. The first-order valence-electron chi connectivity index (χ1n) is 7.15. The Hall–Kier alpha value is -1.79. The van der Waals surface area contributed by atoms with E-state index in [0.717, 1.165) is 0 Å². The summed E-state index contributed by atoms with van der Waals surface area (Å²) in [6.07, 6.45) is 0.298. The van der Waals surface area contributed by atoms with Crippen molar-refractivity contribution in [3.8, 4) is 0 Å². The quantitative estimate of drug-likeness (QED) is 0.747. The predicted molar refractivity (Wildman–Crippen MR) is 73.6 cm³/mol. The van der Waals surface area contributed by atoms with Crippen molar-refractivity contribution in [2.45, 2.75) is 39.2 Å². The second-order valence-electron chi connectivity index (χ2n) is 6.72. The number of hydrogen-bond donors (Lipinski definition) is 2. The summed E-state index contributed by atoms with van der Waals surface area (Å²) in [4.78, 5) is 36.9. The van der Waals surface area contributed by atoms with Crippen LogP contribution in [0.5, 0.6) is 0 Å². The number of hydrogen-bond acceptors (Lipinski definition) is 4. The van der Waals surface area contributed by atoms with Crippen molar-refractivity contribution in [1.82, 2.24) is 10.2 Å². The van der Waals surface area contributed by atoms with E-state index in [0.29, 0.717) is 25.9 Å². The van der Waals surface area contributed by atoms with Gasteiger partial charge in [0.2, 0.25) is 5.91 Å². The van der Waals surface area contributed by atoms with Crippen molar-refractivity contribution in [3.05, 3.63) is 0 Å². The van der Waals surface area contributed by atoms with Crippen LogP contribution in [0.2, 0.25) is 0 Å². The van der Waals surface area contributed by atoms with Crippen LogP contribution in [-0.4, -0.2) is 53.2 Å². The van der Waals surface area contributed by atoms with Crippen molar-refractivity contribution in [1.29, 1.82) is 0 Å². The maximum atomic E-state index is 12.1. The molecule has 2 fully saturated rings. The molecule has 2 aliphatic rings. The second-order valence-corrected chi connectivity index (χ2v) is 6.72. The zero-order chi connectivity index (χ0) is 15.8. The van der Waals surface area contributed by atoms with Crippen LogP contribution in [0.3, 0.4) is 0 Å². The van der Waals surface area contributed by atoms with Gasteiger partial charge in [-0.05, 0) is 33.6 Å². The summed E-state index contributed by atoms with van der Waals surface area (Å²) < 4.78 is 5.30. The van der Waals surface area contributed by atoms with Gasteiger partial charge in [-0.15, -0.1) is 0 Å². The molecule has 7 nitrogen and oxygen atoms in total. The topological polar surface area (TPSA) is 95.9 Å². The van der Waals surface area contributed by atoms with Crippen LogP contribution in [0.25, 0.3) is 0 Å². The highest BCUT2D eigenvalue weighted by molar-refractivity contribution is 5.92. The molecule has 0 aromatic heterocycles. The first kappa shape index (κ1) is 15.6. The smallest absolute Gasteiger partial charge is 0.410 e. The maximum absolute atomic E-state index is 12.1. The Balaban J connectivity index is 2.04. The van der Waals surface area contributed by atoms with Gasteiger partial charge in [0.15, 0.2) is 0 Å². The Morgan fingerprint density at radius 3 is 2.38 bits per heavy atom. The number of piperidine rings is 1. The summed E-state index contributed by atoms with van der Waals surface area (Å²) in [5.74, 6) is -1.89. The Kier molecular flexibility index (Phi) is 3.86. The molecule has 2 saturated heterocycles. The van der Waals surface area contributed by atoms with Crippen LogP contribution in [0.1, 0.15) is 33.6 Å². The molecule has 0 aromatic rings. The highest BCUT2D eigenvalue weighted by Crippen LogP contribution is 2.42.